The van der Waals surface area contributed by atoms with Crippen LogP contribution in [0.25, 0.3) is 11.4 Å². The highest BCUT2D eigenvalue weighted by atomic mass is 35.5. The van der Waals surface area contributed by atoms with Gasteiger partial charge >= 0.3 is 5.97 Å². The van der Waals surface area contributed by atoms with Crippen LogP contribution >= 0.6 is 11.6 Å². The van der Waals surface area contributed by atoms with Crippen LogP contribution in [0.1, 0.15) is 10.5 Å². The van der Waals surface area contributed by atoms with Crippen molar-refractivity contribution in [2.24, 2.45) is 0 Å². The van der Waals surface area contributed by atoms with Crippen molar-refractivity contribution >= 4 is 23.4 Å². The Labute approximate surface area is 119 Å². The van der Waals surface area contributed by atoms with Crippen molar-refractivity contribution in [3.63, 3.8) is 0 Å². The number of nitrogens with two attached hydrogens (primary N) is 1. The summed E-state index contributed by atoms with van der Waals surface area (Å²) in [6.07, 6.45) is 1.56. The second-order valence-corrected chi connectivity index (χ2v) is 4.02. The predicted octanol–water partition coefficient (Wildman–Crippen LogP) is 1.57. The molecule has 0 aliphatic rings. The molecule has 2 aromatic heterocycles. The Morgan fingerprint density at radius 1 is 1.35 bits per heavy atom. The number of hydrogen-bond acceptors (Lipinski definition) is 7. The molecule has 104 valence electrons. The van der Waals surface area contributed by atoms with E-state index < -0.39 is 5.97 Å². The normalized spacial score (nSPS) is 10.2. The first-order valence-corrected chi connectivity index (χ1v) is 5.87. The molecule has 0 fully saturated rings. The minimum Gasteiger partial charge on any atom is -0.480 e. The van der Waals surface area contributed by atoms with Crippen LogP contribution in [-0.4, -0.2) is 35.1 Å². The molecule has 20 heavy (non-hydrogen) atoms. The average Bonchev–Trinajstić information content (AvgIpc) is 2.49. The van der Waals surface area contributed by atoms with Crippen LogP contribution in [0.3, 0.4) is 0 Å². The number of nitrogen functional groups attached to an aromatic ring is 1. The highest BCUT2D eigenvalue weighted by molar-refractivity contribution is 6.35. The molecule has 2 N–H and O–H groups in total. The maximum atomic E-state index is 11.6. The Morgan fingerprint density at radius 3 is 2.75 bits per heavy atom. The van der Waals surface area contributed by atoms with Crippen molar-refractivity contribution in [2.45, 2.75) is 0 Å². The van der Waals surface area contributed by atoms with E-state index in [4.69, 9.17) is 22.1 Å². The van der Waals surface area contributed by atoms with E-state index in [1.165, 1.54) is 14.2 Å². The molecule has 0 atom stereocenters. The van der Waals surface area contributed by atoms with Crippen molar-refractivity contribution in [3.8, 4) is 17.3 Å². The fraction of sp³-hybridized carbons (Fsp3) is 0.167. The minimum absolute atomic E-state index is 0.0250. The first-order chi connectivity index (χ1) is 9.58. The number of pyridine rings is 1. The topological polar surface area (TPSA) is 100 Å². The lowest BCUT2D eigenvalue weighted by Crippen LogP contribution is -2.10. The number of hydrogen-bond donors (Lipinski definition) is 1. The van der Waals surface area contributed by atoms with Gasteiger partial charge < -0.3 is 15.2 Å². The fourth-order valence-corrected chi connectivity index (χ4v) is 1.70. The van der Waals surface area contributed by atoms with Gasteiger partial charge in [-0.1, -0.05) is 11.6 Å². The molecule has 0 bridgehead atoms. The van der Waals surface area contributed by atoms with Crippen molar-refractivity contribution in [3.05, 3.63) is 29.0 Å². The molecule has 0 aliphatic heterocycles. The number of methoxy groups -OCH3 is 2. The summed E-state index contributed by atoms with van der Waals surface area (Å²) in [6, 6.07) is 3.37. The van der Waals surface area contributed by atoms with Gasteiger partial charge in [0, 0.05) is 6.20 Å². The monoisotopic (exact) mass is 294 g/mol. The van der Waals surface area contributed by atoms with E-state index in [9.17, 15) is 4.79 Å². The number of halogens is 1. The molecule has 0 amide bonds. The van der Waals surface area contributed by atoms with Crippen LogP contribution in [-0.2, 0) is 4.74 Å². The maximum Gasteiger partial charge on any atom is 0.358 e. The first-order valence-electron chi connectivity index (χ1n) is 5.49. The zero-order valence-corrected chi connectivity index (χ0v) is 11.5. The second kappa shape index (κ2) is 5.70. The summed E-state index contributed by atoms with van der Waals surface area (Å²) >= 11 is 5.90. The number of carbonyl (C=O) groups excluding carboxylic acids is 1. The molecule has 2 aromatic rings. The fourth-order valence-electron chi connectivity index (χ4n) is 1.54. The van der Waals surface area contributed by atoms with Gasteiger partial charge in [0.2, 0.25) is 5.88 Å². The van der Waals surface area contributed by atoms with Crippen LogP contribution in [0.5, 0.6) is 5.88 Å². The van der Waals surface area contributed by atoms with Gasteiger partial charge in [-0.3, -0.25) is 0 Å². The predicted molar refractivity (Wildman–Crippen MR) is 72.6 cm³/mol. The lowest BCUT2D eigenvalue weighted by atomic mass is 10.2. The van der Waals surface area contributed by atoms with Gasteiger partial charge in [-0.25, -0.2) is 19.7 Å². The molecule has 0 saturated heterocycles. The van der Waals surface area contributed by atoms with Gasteiger partial charge in [0.05, 0.1) is 19.8 Å². The maximum absolute atomic E-state index is 11.6. The number of ether oxygens (including phenoxy) is 2. The van der Waals surface area contributed by atoms with Crippen molar-refractivity contribution in [1.82, 2.24) is 15.0 Å². The molecule has 0 aromatic carbocycles. The number of anilines is 1. The number of esters is 1. The first kappa shape index (κ1) is 14.0. The molecule has 0 unspecified atom stereocenters. The van der Waals surface area contributed by atoms with E-state index in [1.54, 1.807) is 18.3 Å². The summed E-state index contributed by atoms with van der Waals surface area (Å²) in [4.78, 5) is 23.8. The van der Waals surface area contributed by atoms with E-state index in [1.807, 2.05) is 0 Å². The van der Waals surface area contributed by atoms with E-state index in [0.717, 1.165) is 0 Å². The van der Waals surface area contributed by atoms with Gasteiger partial charge in [0.25, 0.3) is 0 Å². The standard InChI is InChI=1S/C12H11ClN4O3/c1-19-11-6(4-3-5-15-11)10-16-8(12(18)20-2)7(13)9(14)17-10/h3-5H,1-2H3,(H2,14,16,17). The Hall–Kier alpha value is -2.41. The SMILES string of the molecule is COC(=O)c1nc(-c2cccnc2OC)nc(N)c1Cl. The average molecular weight is 295 g/mol. The molecule has 7 nitrogen and oxygen atoms in total. The molecular weight excluding hydrogens is 284 g/mol. The minimum atomic E-state index is -0.701. The van der Waals surface area contributed by atoms with Crippen LogP contribution < -0.4 is 10.5 Å². The lowest BCUT2D eigenvalue weighted by Gasteiger charge is -2.09. The van der Waals surface area contributed by atoms with Crippen LogP contribution in [0.4, 0.5) is 5.82 Å². The third-order valence-electron chi connectivity index (χ3n) is 2.46. The van der Waals surface area contributed by atoms with E-state index in [0.29, 0.717) is 11.4 Å². The van der Waals surface area contributed by atoms with Gasteiger partial charge in [0.1, 0.15) is 10.8 Å². The Morgan fingerprint density at radius 2 is 2.10 bits per heavy atom. The summed E-state index contributed by atoms with van der Waals surface area (Å²) in [5.74, 6) is -0.238. The molecule has 0 radical (unpaired) electrons. The summed E-state index contributed by atoms with van der Waals surface area (Å²) < 4.78 is 9.72. The highest BCUT2D eigenvalue weighted by Gasteiger charge is 2.20. The largest absolute Gasteiger partial charge is 0.480 e. The van der Waals surface area contributed by atoms with E-state index >= 15 is 0 Å². The van der Waals surface area contributed by atoms with Gasteiger partial charge in [-0.05, 0) is 12.1 Å². The van der Waals surface area contributed by atoms with Gasteiger partial charge in [0.15, 0.2) is 11.5 Å². The molecule has 8 heteroatoms. The third kappa shape index (κ3) is 2.48. The number of carbonyl (C=O) groups is 1. The van der Waals surface area contributed by atoms with E-state index in [-0.39, 0.29) is 22.4 Å². The summed E-state index contributed by atoms with van der Waals surface area (Å²) in [5.41, 5.74) is 6.07. The Bertz CT molecular complexity index is 663. The van der Waals surface area contributed by atoms with Gasteiger partial charge in [-0.15, -0.1) is 0 Å². The lowest BCUT2D eigenvalue weighted by molar-refractivity contribution is 0.0594. The smallest absolute Gasteiger partial charge is 0.358 e. The van der Waals surface area contributed by atoms with Crippen LogP contribution in [0.2, 0.25) is 5.02 Å². The molecular formula is C12H11ClN4O3. The molecule has 2 rings (SSSR count). The quantitative estimate of drug-likeness (QED) is 0.857. The van der Waals surface area contributed by atoms with Crippen molar-refractivity contribution in [2.75, 3.05) is 20.0 Å². The number of rotatable bonds is 3. The van der Waals surface area contributed by atoms with Crippen LogP contribution in [0, 0.1) is 0 Å². The third-order valence-corrected chi connectivity index (χ3v) is 2.83. The summed E-state index contributed by atoms with van der Waals surface area (Å²) in [6.45, 7) is 0. The Balaban J connectivity index is 2.64. The van der Waals surface area contributed by atoms with E-state index in [2.05, 4.69) is 19.7 Å². The number of nitrogens with zero attached hydrogens (tertiary/aromatic N) is 3. The molecule has 0 spiro atoms. The zero-order chi connectivity index (χ0) is 14.7. The highest BCUT2D eigenvalue weighted by Crippen LogP contribution is 2.29. The molecule has 0 aliphatic carbocycles. The summed E-state index contributed by atoms with van der Waals surface area (Å²) in [5, 5.41) is -0.0524. The van der Waals surface area contributed by atoms with Crippen LogP contribution in [0.15, 0.2) is 18.3 Å². The second-order valence-electron chi connectivity index (χ2n) is 3.65. The number of aromatic nitrogens is 3. The van der Waals surface area contributed by atoms with Gasteiger partial charge in [-0.2, -0.15) is 0 Å². The van der Waals surface area contributed by atoms with Crippen molar-refractivity contribution in [1.29, 1.82) is 0 Å². The zero-order valence-electron chi connectivity index (χ0n) is 10.8. The Kier molecular flexibility index (Phi) is 3.99. The molecule has 2 heterocycles. The van der Waals surface area contributed by atoms with Crippen molar-refractivity contribution < 1.29 is 14.3 Å². The summed E-state index contributed by atoms with van der Waals surface area (Å²) in [7, 11) is 2.69. The molecule has 0 saturated carbocycles.